The van der Waals surface area contributed by atoms with Crippen LogP contribution in [0.4, 0.5) is 10.8 Å². The van der Waals surface area contributed by atoms with Gasteiger partial charge in [0.1, 0.15) is 0 Å². The summed E-state index contributed by atoms with van der Waals surface area (Å²) in [4.78, 5) is 16.8. The van der Waals surface area contributed by atoms with Gasteiger partial charge in [0.05, 0.1) is 11.3 Å². The second-order valence-corrected chi connectivity index (χ2v) is 5.84. The van der Waals surface area contributed by atoms with Crippen LogP contribution in [0.15, 0.2) is 23.6 Å². The molecule has 1 aromatic heterocycles. The van der Waals surface area contributed by atoms with Gasteiger partial charge in [-0.1, -0.05) is 25.5 Å². The Balaban J connectivity index is 2.21. The Morgan fingerprint density at radius 2 is 2.10 bits per heavy atom. The average Bonchev–Trinajstić information content (AvgIpc) is 2.87. The lowest BCUT2D eigenvalue weighted by Gasteiger charge is -2.09. The Morgan fingerprint density at radius 3 is 2.70 bits per heavy atom. The monoisotopic (exact) mass is 289 g/mol. The van der Waals surface area contributed by atoms with Gasteiger partial charge < -0.3 is 5.32 Å². The fourth-order valence-corrected chi connectivity index (χ4v) is 2.70. The van der Waals surface area contributed by atoms with Crippen molar-refractivity contribution < 1.29 is 4.79 Å². The first-order valence-electron chi connectivity index (χ1n) is 6.56. The number of thiazole rings is 1. The predicted octanol–water partition coefficient (Wildman–Crippen LogP) is 3.87. The highest BCUT2D eigenvalue weighted by Gasteiger charge is 2.13. The maximum absolute atomic E-state index is 12.3. The Bertz CT molecular complexity index is 619. The van der Waals surface area contributed by atoms with Crippen LogP contribution in [-0.2, 0) is 0 Å². The third-order valence-corrected chi connectivity index (χ3v) is 3.80. The molecule has 0 unspecified atom stereocenters. The van der Waals surface area contributed by atoms with Crippen LogP contribution >= 0.6 is 11.3 Å². The van der Waals surface area contributed by atoms with E-state index in [9.17, 15) is 4.79 Å². The summed E-state index contributed by atoms with van der Waals surface area (Å²) in [6.07, 6.45) is 0. The average molecular weight is 289 g/mol. The minimum Gasteiger partial charge on any atom is -0.387 e. The van der Waals surface area contributed by atoms with Crippen LogP contribution in [0.5, 0.6) is 0 Å². The summed E-state index contributed by atoms with van der Waals surface area (Å²) in [5, 5.41) is 8.52. The molecule has 5 heteroatoms. The molecule has 0 aliphatic heterocycles. The number of hydrogen-bond donors (Lipinski definition) is 2. The minimum atomic E-state index is -0.136. The molecule has 0 radical (unpaired) electrons. The number of anilines is 2. The van der Waals surface area contributed by atoms with Crippen molar-refractivity contribution >= 4 is 28.1 Å². The molecule has 106 valence electrons. The number of hydrogen-bond acceptors (Lipinski definition) is 4. The summed E-state index contributed by atoms with van der Waals surface area (Å²) >= 11 is 1.46. The second kappa shape index (κ2) is 6.05. The lowest BCUT2D eigenvalue weighted by molar-refractivity contribution is 0.102. The summed E-state index contributed by atoms with van der Waals surface area (Å²) < 4.78 is 0. The van der Waals surface area contributed by atoms with Gasteiger partial charge in [0, 0.05) is 18.1 Å². The van der Waals surface area contributed by atoms with E-state index in [1.807, 2.05) is 37.6 Å². The molecule has 2 N–H and O–H groups in total. The third-order valence-electron chi connectivity index (χ3n) is 3.02. The van der Waals surface area contributed by atoms with Crippen molar-refractivity contribution in [3.05, 3.63) is 40.4 Å². The number of aromatic nitrogens is 1. The van der Waals surface area contributed by atoms with E-state index in [0.29, 0.717) is 16.6 Å². The van der Waals surface area contributed by atoms with Crippen molar-refractivity contribution in [2.75, 3.05) is 17.7 Å². The molecular weight excluding hydrogens is 270 g/mol. The van der Waals surface area contributed by atoms with Gasteiger partial charge in [-0.15, -0.1) is 11.3 Å². The number of amides is 1. The van der Waals surface area contributed by atoms with Crippen molar-refractivity contribution in [1.29, 1.82) is 0 Å². The van der Waals surface area contributed by atoms with E-state index < -0.39 is 0 Å². The van der Waals surface area contributed by atoms with E-state index in [1.165, 1.54) is 11.3 Å². The van der Waals surface area contributed by atoms with E-state index in [4.69, 9.17) is 0 Å². The van der Waals surface area contributed by atoms with Gasteiger partial charge in [0.2, 0.25) is 0 Å². The van der Waals surface area contributed by atoms with Crippen molar-refractivity contribution in [2.45, 2.75) is 26.7 Å². The number of carbonyl (C=O) groups is 1. The van der Waals surface area contributed by atoms with Crippen molar-refractivity contribution in [1.82, 2.24) is 4.98 Å². The number of rotatable bonds is 4. The Labute approximate surface area is 123 Å². The zero-order chi connectivity index (χ0) is 14.7. The second-order valence-electron chi connectivity index (χ2n) is 4.99. The molecule has 0 atom stereocenters. The van der Waals surface area contributed by atoms with Crippen molar-refractivity contribution in [3.8, 4) is 0 Å². The smallest absolute Gasteiger partial charge is 0.259 e. The summed E-state index contributed by atoms with van der Waals surface area (Å²) in [6.45, 7) is 6.14. The van der Waals surface area contributed by atoms with Crippen molar-refractivity contribution in [2.24, 2.45) is 0 Å². The first-order chi connectivity index (χ1) is 9.51. The summed E-state index contributed by atoms with van der Waals surface area (Å²) in [5.74, 6) is 0.228. The minimum absolute atomic E-state index is 0.136. The maximum atomic E-state index is 12.3. The number of aryl methyl sites for hydroxylation is 1. The fraction of sp³-hybridized carbons (Fsp3) is 0.333. The van der Waals surface area contributed by atoms with Gasteiger partial charge in [-0.25, -0.2) is 4.98 Å². The topological polar surface area (TPSA) is 54.0 Å². The molecule has 0 fully saturated rings. The predicted molar refractivity (Wildman–Crippen MR) is 84.9 cm³/mol. The first-order valence-corrected chi connectivity index (χ1v) is 7.44. The molecular formula is C15H19N3OS. The first kappa shape index (κ1) is 14.5. The van der Waals surface area contributed by atoms with Crippen LogP contribution < -0.4 is 10.6 Å². The van der Waals surface area contributed by atoms with Gasteiger partial charge in [0.15, 0.2) is 5.13 Å². The molecule has 0 saturated heterocycles. The van der Waals surface area contributed by atoms with E-state index in [-0.39, 0.29) is 5.91 Å². The van der Waals surface area contributed by atoms with Crippen LogP contribution in [0, 0.1) is 6.92 Å². The molecule has 2 rings (SSSR count). The molecule has 1 heterocycles. The standard InChI is InChI=1S/C15H19N3OS/c1-9(2)13-8-20-15(17-13)18-14(19)11-7-10(3)5-6-12(11)16-4/h5-9,16H,1-4H3,(H,17,18,19). The van der Waals surface area contributed by atoms with Gasteiger partial charge in [-0.3, -0.25) is 10.1 Å². The van der Waals surface area contributed by atoms with Gasteiger partial charge in [0.25, 0.3) is 5.91 Å². The van der Waals surface area contributed by atoms with Crippen LogP contribution in [0.25, 0.3) is 0 Å². The fourth-order valence-electron chi connectivity index (χ4n) is 1.84. The summed E-state index contributed by atoms with van der Waals surface area (Å²) in [6, 6.07) is 5.76. The summed E-state index contributed by atoms with van der Waals surface area (Å²) in [5.41, 5.74) is 3.50. The highest BCUT2D eigenvalue weighted by Crippen LogP contribution is 2.23. The van der Waals surface area contributed by atoms with E-state index in [1.54, 1.807) is 0 Å². The number of benzene rings is 1. The molecule has 20 heavy (non-hydrogen) atoms. The maximum Gasteiger partial charge on any atom is 0.259 e. The normalized spacial score (nSPS) is 10.7. The SMILES string of the molecule is CNc1ccc(C)cc1C(=O)Nc1nc(C(C)C)cs1. The molecule has 0 aliphatic rings. The molecule has 1 aromatic carbocycles. The summed E-state index contributed by atoms with van der Waals surface area (Å²) in [7, 11) is 1.81. The van der Waals surface area contributed by atoms with Gasteiger partial charge in [-0.05, 0) is 25.0 Å². The lowest BCUT2D eigenvalue weighted by Crippen LogP contribution is -2.14. The number of nitrogens with zero attached hydrogens (tertiary/aromatic N) is 1. The highest BCUT2D eigenvalue weighted by atomic mass is 32.1. The van der Waals surface area contributed by atoms with E-state index in [2.05, 4.69) is 29.5 Å². The molecule has 1 amide bonds. The Hall–Kier alpha value is -1.88. The molecule has 0 spiro atoms. The van der Waals surface area contributed by atoms with Crippen LogP contribution in [0.1, 0.15) is 41.4 Å². The molecule has 4 nitrogen and oxygen atoms in total. The van der Waals surface area contributed by atoms with Crippen molar-refractivity contribution in [3.63, 3.8) is 0 Å². The largest absolute Gasteiger partial charge is 0.387 e. The van der Waals surface area contributed by atoms with Crippen LogP contribution in [0.2, 0.25) is 0 Å². The van der Waals surface area contributed by atoms with Crippen LogP contribution in [-0.4, -0.2) is 17.9 Å². The van der Waals surface area contributed by atoms with Gasteiger partial charge >= 0.3 is 0 Å². The van der Waals surface area contributed by atoms with Gasteiger partial charge in [-0.2, -0.15) is 0 Å². The quantitative estimate of drug-likeness (QED) is 0.898. The zero-order valence-electron chi connectivity index (χ0n) is 12.2. The van der Waals surface area contributed by atoms with E-state index in [0.717, 1.165) is 16.9 Å². The number of carbonyl (C=O) groups excluding carboxylic acids is 1. The zero-order valence-corrected chi connectivity index (χ0v) is 13.0. The molecule has 0 aliphatic carbocycles. The Kier molecular flexibility index (Phi) is 4.39. The molecule has 2 aromatic rings. The lowest BCUT2D eigenvalue weighted by atomic mass is 10.1. The molecule has 0 bridgehead atoms. The van der Waals surface area contributed by atoms with E-state index >= 15 is 0 Å². The Morgan fingerprint density at radius 1 is 1.35 bits per heavy atom. The highest BCUT2D eigenvalue weighted by molar-refractivity contribution is 7.14. The number of nitrogens with one attached hydrogen (secondary N) is 2. The molecule has 0 saturated carbocycles. The third kappa shape index (κ3) is 3.17. The van der Waals surface area contributed by atoms with Crippen LogP contribution in [0.3, 0.4) is 0 Å².